The predicted molar refractivity (Wildman–Crippen MR) is 108 cm³/mol. The molecule has 7 nitrogen and oxygen atoms in total. The maximum Gasteiger partial charge on any atom is 0.275 e. The first-order valence-corrected chi connectivity index (χ1v) is 10.3. The van der Waals surface area contributed by atoms with Crippen LogP contribution in [0.3, 0.4) is 0 Å². The topological polar surface area (TPSA) is 91.4 Å². The zero-order chi connectivity index (χ0) is 20.0. The van der Waals surface area contributed by atoms with Gasteiger partial charge in [0.05, 0.1) is 11.3 Å². The van der Waals surface area contributed by atoms with Crippen LogP contribution >= 0.6 is 22.9 Å². The van der Waals surface area contributed by atoms with Gasteiger partial charge in [0.1, 0.15) is 11.7 Å². The van der Waals surface area contributed by atoms with Gasteiger partial charge in [0.25, 0.3) is 11.8 Å². The van der Waals surface area contributed by atoms with Crippen molar-refractivity contribution in [1.82, 2.24) is 9.88 Å². The van der Waals surface area contributed by atoms with E-state index in [-0.39, 0.29) is 23.6 Å². The number of carbonyl (C=O) groups excluding carboxylic acids is 3. The maximum atomic E-state index is 12.9. The van der Waals surface area contributed by atoms with Crippen molar-refractivity contribution >= 4 is 52.0 Å². The molecule has 0 spiro atoms. The van der Waals surface area contributed by atoms with E-state index in [1.807, 2.05) is 13.8 Å². The minimum absolute atomic E-state index is 0.113. The number of hydrogen-bond acceptors (Lipinski definition) is 5. The molecule has 146 valence electrons. The first kappa shape index (κ1) is 18.9. The Morgan fingerprint density at radius 3 is 2.93 bits per heavy atom. The maximum absolute atomic E-state index is 12.9. The SMILES string of the molecule is CC(C)c1sc(Cl)nc1C(=O)Nc1ccc2c(c1)C(=O)N1CCC[C@H]1C(=O)N2. The van der Waals surface area contributed by atoms with Gasteiger partial charge in [0.15, 0.2) is 4.47 Å². The Hall–Kier alpha value is -2.45. The molecule has 2 N–H and O–H groups in total. The summed E-state index contributed by atoms with van der Waals surface area (Å²) in [5.74, 6) is -0.635. The average Bonchev–Trinajstić information content (AvgIpc) is 3.27. The lowest BCUT2D eigenvalue weighted by Gasteiger charge is -2.20. The Kier molecular flexibility index (Phi) is 4.84. The van der Waals surface area contributed by atoms with Gasteiger partial charge >= 0.3 is 0 Å². The fraction of sp³-hybridized carbons (Fsp3) is 0.368. The Balaban J connectivity index is 1.63. The number of nitrogens with zero attached hydrogens (tertiary/aromatic N) is 2. The van der Waals surface area contributed by atoms with Crippen molar-refractivity contribution in [3.05, 3.63) is 38.8 Å². The van der Waals surface area contributed by atoms with Gasteiger partial charge in [-0.1, -0.05) is 25.4 Å². The predicted octanol–water partition coefficient (Wildman–Crippen LogP) is 3.73. The minimum atomic E-state index is -0.427. The summed E-state index contributed by atoms with van der Waals surface area (Å²) in [7, 11) is 0. The summed E-state index contributed by atoms with van der Waals surface area (Å²) in [5.41, 5.74) is 1.58. The number of hydrogen-bond donors (Lipinski definition) is 2. The van der Waals surface area contributed by atoms with E-state index >= 15 is 0 Å². The van der Waals surface area contributed by atoms with Crippen LogP contribution in [0.2, 0.25) is 4.47 Å². The number of fused-ring (bicyclic) bond motifs is 2. The number of anilines is 2. The summed E-state index contributed by atoms with van der Waals surface area (Å²) in [6.45, 7) is 4.50. The third-order valence-electron chi connectivity index (χ3n) is 4.95. The van der Waals surface area contributed by atoms with Crippen molar-refractivity contribution < 1.29 is 14.4 Å². The highest BCUT2D eigenvalue weighted by molar-refractivity contribution is 7.16. The first-order valence-electron chi connectivity index (χ1n) is 9.08. The molecular weight excluding hydrogens is 400 g/mol. The zero-order valence-corrected chi connectivity index (χ0v) is 17.0. The standard InChI is InChI=1S/C19H19ClN4O3S/c1-9(2)15-14(23-19(20)28-15)17(26)21-10-5-6-12-11(8-10)18(27)24-7-3-4-13(24)16(25)22-12/h5-6,8-9,13H,3-4,7H2,1-2H3,(H,21,26)(H,22,25)/t13-/m0/s1. The lowest BCUT2D eigenvalue weighted by Crippen LogP contribution is -2.40. The molecule has 3 heterocycles. The molecule has 2 aromatic rings. The molecule has 1 saturated heterocycles. The summed E-state index contributed by atoms with van der Waals surface area (Å²) >= 11 is 7.27. The number of rotatable bonds is 3. The normalized spacial score (nSPS) is 18.6. The summed E-state index contributed by atoms with van der Waals surface area (Å²) in [6.07, 6.45) is 1.47. The van der Waals surface area contributed by atoms with Gasteiger partial charge < -0.3 is 15.5 Å². The highest BCUT2D eigenvalue weighted by Crippen LogP contribution is 2.32. The smallest absolute Gasteiger partial charge is 0.275 e. The van der Waals surface area contributed by atoms with Crippen LogP contribution in [-0.2, 0) is 4.79 Å². The lowest BCUT2D eigenvalue weighted by atomic mass is 10.1. The molecule has 0 saturated carbocycles. The molecule has 1 aromatic heterocycles. The van der Waals surface area contributed by atoms with Crippen molar-refractivity contribution in [3.8, 4) is 0 Å². The Morgan fingerprint density at radius 1 is 1.39 bits per heavy atom. The van der Waals surface area contributed by atoms with E-state index in [2.05, 4.69) is 15.6 Å². The van der Waals surface area contributed by atoms with Gasteiger partial charge in [-0.15, -0.1) is 11.3 Å². The Morgan fingerprint density at radius 2 is 2.18 bits per heavy atom. The Labute approximate surface area is 171 Å². The third-order valence-corrected chi connectivity index (χ3v) is 6.41. The quantitative estimate of drug-likeness (QED) is 0.794. The Bertz CT molecular complexity index is 988. The second-order valence-corrected chi connectivity index (χ2v) is 8.81. The molecule has 0 radical (unpaired) electrons. The summed E-state index contributed by atoms with van der Waals surface area (Å²) in [4.78, 5) is 44.5. The van der Waals surface area contributed by atoms with Crippen molar-refractivity contribution in [2.75, 3.05) is 17.2 Å². The average molecular weight is 419 g/mol. The highest BCUT2D eigenvalue weighted by atomic mass is 35.5. The number of halogens is 1. The third kappa shape index (κ3) is 3.27. The van der Waals surface area contributed by atoms with E-state index in [0.29, 0.717) is 40.1 Å². The van der Waals surface area contributed by atoms with Gasteiger partial charge in [-0.25, -0.2) is 4.98 Å². The lowest BCUT2D eigenvalue weighted by molar-refractivity contribution is -0.119. The van der Waals surface area contributed by atoms with Gasteiger partial charge in [-0.3, -0.25) is 14.4 Å². The van der Waals surface area contributed by atoms with Crippen molar-refractivity contribution in [1.29, 1.82) is 0 Å². The van der Waals surface area contributed by atoms with Crippen LogP contribution in [0, 0.1) is 0 Å². The van der Waals surface area contributed by atoms with Gasteiger partial charge in [0.2, 0.25) is 5.91 Å². The number of aromatic nitrogens is 1. The molecule has 2 aliphatic rings. The number of thiazole rings is 1. The van der Waals surface area contributed by atoms with Crippen LogP contribution in [0.5, 0.6) is 0 Å². The van der Waals surface area contributed by atoms with E-state index in [1.165, 1.54) is 11.3 Å². The molecule has 2 aliphatic heterocycles. The van der Waals surface area contributed by atoms with Crippen molar-refractivity contribution in [2.24, 2.45) is 0 Å². The molecule has 3 amide bonds. The minimum Gasteiger partial charge on any atom is -0.327 e. The summed E-state index contributed by atoms with van der Waals surface area (Å²) in [6, 6.07) is 4.47. The van der Waals surface area contributed by atoms with Crippen LogP contribution in [-0.4, -0.2) is 40.2 Å². The van der Waals surface area contributed by atoms with E-state index in [9.17, 15) is 14.4 Å². The van der Waals surface area contributed by atoms with Crippen LogP contribution in [0.15, 0.2) is 18.2 Å². The molecule has 0 bridgehead atoms. The number of carbonyl (C=O) groups is 3. The highest BCUT2D eigenvalue weighted by Gasteiger charge is 2.38. The van der Waals surface area contributed by atoms with E-state index in [1.54, 1.807) is 23.1 Å². The first-order chi connectivity index (χ1) is 13.3. The molecule has 1 fully saturated rings. The second-order valence-electron chi connectivity index (χ2n) is 7.19. The fourth-order valence-corrected chi connectivity index (χ4v) is 4.73. The van der Waals surface area contributed by atoms with Gasteiger partial charge in [0, 0.05) is 17.1 Å². The van der Waals surface area contributed by atoms with Crippen LogP contribution < -0.4 is 10.6 Å². The largest absolute Gasteiger partial charge is 0.327 e. The van der Waals surface area contributed by atoms with Crippen molar-refractivity contribution in [2.45, 2.75) is 38.6 Å². The molecule has 9 heteroatoms. The monoisotopic (exact) mass is 418 g/mol. The van der Waals surface area contributed by atoms with E-state index in [0.717, 1.165) is 11.3 Å². The summed E-state index contributed by atoms with van der Waals surface area (Å²) < 4.78 is 0.314. The molecule has 4 rings (SSSR count). The van der Waals surface area contributed by atoms with Crippen LogP contribution in [0.25, 0.3) is 0 Å². The molecule has 1 atom stereocenters. The van der Waals surface area contributed by atoms with Gasteiger partial charge in [-0.05, 0) is 37.0 Å². The molecule has 0 aliphatic carbocycles. The number of benzene rings is 1. The second kappa shape index (κ2) is 7.18. The fourth-order valence-electron chi connectivity index (χ4n) is 3.61. The molecule has 0 unspecified atom stereocenters. The molecular formula is C19H19ClN4O3S. The number of nitrogens with one attached hydrogen (secondary N) is 2. The molecule has 28 heavy (non-hydrogen) atoms. The van der Waals surface area contributed by atoms with Gasteiger partial charge in [-0.2, -0.15) is 0 Å². The van der Waals surface area contributed by atoms with Crippen LogP contribution in [0.1, 0.15) is 58.3 Å². The zero-order valence-electron chi connectivity index (χ0n) is 15.4. The molecule has 1 aromatic carbocycles. The van der Waals surface area contributed by atoms with Crippen LogP contribution in [0.4, 0.5) is 11.4 Å². The van der Waals surface area contributed by atoms with E-state index in [4.69, 9.17) is 11.6 Å². The number of amides is 3. The van der Waals surface area contributed by atoms with E-state index < -0.39 is 6.04 Å². The van der Waals surface area contributed by atoms with Crippen molar-refractivity contribution in [3.63, 3.8) is 0 Å². The summed E-state index contributed by atoms with van der Waals surface area (Å²) in [5, 5.41) is 5.61.